The molecule has 0 aromatic carbocycles. The van der Waals surface area contributed by atoms with Crippen molar-refractivity contribution in [1.29, 1.82) is 0 Å². The Balaban J connectivity index is 1.51. The highest BCUT2D eigenvalue weighted by Crippen LogP contribution is 2.59. The van der Waals surface area contributed by atoms with Gasteiger partial charge in [-0.25, -0.2) is 4.79 Å². The summed E-state index contributed by atoms with van der Waals surface area (Å²) in [4.78, 5) is 11.8. The second-order valence-electron chi connectivity index (χ2n) is 7.87. The molecule has 0 spiro atoms. The van der Waals surface area contributed by atoms with Crippen molar-refractivity contribution < 1.29 is 4.79 Å². The predicted molar refractivity (Wildman–Crippen MR) is 76.8 cm³/mol. The normalized spacial score (nSPS) is 39.6. The van der Waals surface area contributed by atoms with Gasteiger partial charge in [-0.3, -0.25) is 0 Å². The van der Waals surface area contributed by atoms with Gasteiger partial charge in [-0.2, -0.15) is 0 Å². The Labute approximate surface area is 116 Å². The van der Waals surface area contributed by atoms with E-state index in [1.54, 1.807) is 0 Å². The maximum Gasteiger partial charge on any atom is 0.314 e. The Morgan fingerprint density at radius 1 is 1.05 bits per heavy atom. The van der Waals surface area contributed by atoms with Gasteiger partial charge < -0.3 is 10.6 Å². The van der Waals surface area contributed by atoms with E-state index >= 15 is 0 Å². The lowest BCUT2D eigenvalue weighted by atomic mass is 9.49. The first kappa shape index (κ1) is 13.3. The number of hydrogen-bond acceptors (Lipinski definition) is 1. The van der Waals surface area contributed by atoms with Crippen LogP contribution in [-0.4, -0.2) is 19.1 Å². The number of urea groups is 1. The van der Waals surface area contributed by atoms with E-state index in [9.17, 15) is 4.79 Å². The van der Waals surface area contributed by atoms with Crippen molar-refractivity contribution in [3.05, 3.63) is 0 Å². The van der Waals surface area contributed by atoms with Gasteiger partial charge in [-0.1, -0.05) is 13.8 Å². The van der Waals surface area contributed by atoms with Gasteiger partial charge in [-0.05, 0) is 67.6 Å². The standard InChI is InChI=1S/C16H28N2O/c1-11(2)9-17-15(19)18-10-16-6-12-3-13(7-16)5-14(4-12)8-16/h11-14H,3-10H2,1-2H3,(H2,17,18,19). The molecule has 4 rings (SSSR count). The Kier molecular flexibility index (Phi) is 3.48. The molecule has 0 radical (unpaired) electrons. The highest BCUT2D eigenvalue weighted by Gasteiger charge is 2.50. The maximum absolute atomic E-state index is 11.8. The van der Waals surface area contributed by atoms with Crippen molar-refractivity contribution >= 4 is 6.03 Å². The number of carbonyl (C=O) groups excluding carboxylic acids is 1. The van der Waals surface area contributed by atoms with Gasteiger partial charge in [0.15, 0.2) is 0 Å². The van der Waals surface area contributed by atoms with Crippen LogP contribution in [0.3, 0.4) is 0 Å². The molecule has 4 aliphatic rings. The molecule has 4 fully saturated rings. The van der Waals surface area contributed by atoms with E-state index in [4.69, 9.17) is 0 Å². The number of rotatable bonds is 4. The fourth-order valence-corrected chi connectivity index (χ4v) is 5.13. The molecule has 0 heterocycles. The Hall–Kier alpha value is -0.730. The predicted octanol–water partition coefficient (Wildman–Crippen LogP) is 3.16. The summed E-state index contributed by atoms with van der Waals surface area (Å²) in [5, 5.41) is 6.11. The minimum atomic E-state index is 0.0319. The highest BCUT2D eigenvalue weighted by molar-refractivity contribution is 5.73. The summed E-state index contributed by atoms with van der Waals surface area (Å²) in [5.74, 6) is 3.41. The van der Waals surface area contributed by atoms with Crippen LogP contribution in [0.4, 0.5) is 4.79 Å². The van der Waals surface area contributed by atoms with Crippen molar-refractivity contribution in [2.45, 2.75) is 52.4 Å². The molecular weight excluding hydrogens is 236 g/mol. The molecule has 3 nitrogen and oxygen atoms in total. The Morgan fingerprint density at radius 3 is 2.05 bits per heavy atom. The number of amides is 2. The quantitative estimate of drug-likeness (QED) is 0.804. The molecule has 0 atom stereocenters. The van der Waals surface area contributed by atoms with Crippen molar-refractivity contribution in [3.8, 4) is 0 Å². The first-order valence-corrected chi connectivity index (χ1v) is 8.06. The van der Waals surface area contributed by atoms with Gasteiger partial charge in [0, 0.05) is 13.1 Å². The molecule has 108 valence electrons. The van der Waals surface area contributed by atoms with Crippen LogP contribution in [0.25, 0.3) is 0 Å². The topological polar surface area (TPSA) is 41.1 Å². The third kappa shape index (κ3) is 2.90. The molecule has 3 heteroatoms. The summed E-state index contributed by atoms with van der Waals surface area (Å²) >= 11 is 0. The van der Waals surface area contributed by atoms with Gasteiger partial charge >= 0.3 is 6.03 Å². The molecule has 2 amide bonds. The van der Waals surface area contributed by atoms with Crippen molar-refractivity contribution in [2.75, 3.05) is 13.1 Å². The summed E-state index contributed by atoms with van der Waals surface area (Å²) in [5.41, 5.74) is 0.448. The first-order chi connectivity index (χ1) is 9.05. The lowest BCUT2D eigenvalue weighted by molar-refractivity contribution is -0.0498. The van der Waals surface area contributed by atoms with Gasteiger partial charge in [-0.15, -0.1) is 0 Å². The second-order valence-corrected chi connectivity index (χ2v) is 7.87. The molecule has 4 saturated carbocycles. The monoisotopic (exact) mass is 264 g/mol. The lowest BCUT2D eigenvalue weighted by Crippen LogP contribution is -2.52. The van der Waals surface area contributed by atoms with Crippen LogP contribution in [0.15, 0.2) is 0 Å². The summed E-state index contributed by atoms with van der Waals surface area (Å²) in [6.07, 6.45) is 8.51. The molecule has 0 aromatic rings. The van der Waals surface area contributed by atoms with E-state index in [1.165, 1.54) is 38.5 Å². The average Bonchev–Trinajstić information content (AvgIpc) is 2.32. The molecular formula is C16H28N2O. The van der Waals surface area contributed by atoms with Gasteiger partial charge in [0.2, 0.25) is 0 Å². The highest BCUT2D eigenvalue weighted by atomic mass is 16.2. The molecule has 0 unspecified atom stereocenters. The zero-order valence-corrected chi connectivity index (χ0v) is 12.4. The van der Waals surface area contributed by atoms with Crippen molar-refractivity contribution in [3.63, 3.8) is 0 Å². The first-order valence-electron chi connectivity index (χ1n) is 8.06. The maximum atomic E-state index is 11.8. The van der Waals surface area contributed by atoms with Crippen LogP contribution in [0.1, 0.15) is 52.4 Å². The molecule has 4 bridgehead atoms. The van der Waals surface area contributed by atoms with E-state index in [2.05, 4.69) is 24.5 Å². The number of hydrogen-bond donors (Lipinski definition) is 2. The van der Waals surface area contributed by atoms with E-state index in [0.717, 1.165) is 30.8 Å². The number of nitrogens with one attached hydrogen (secondary N) is 2. The minimum Gasteiger partial charge on any atom is -0.338 e. The van der Waals surface area contributed by atoms with Crippen LogP contribution >= 0.6 is 0 Å². The molecule has 4 aliphatic carbocycles. The van der Waals surface area contributed by atoms with Gasteiger partial charge in [0.05, 0.1) is 0 Å². The molecule has 0 aliphatic heterocycles. The zero-order chi connectivity index (χ0) is 13.5. The van der Waals surface area contributed by atoms with Crippen LogP contribution in [0.2, 0.25) is 0 Å². The lowest BCUT2D eigenvalue weighted by Gasteiger charge is -2.56. The largest absolute Gasteiger partial charge is 0.338 e. The molecule has 19 heavy (non-hydrogen) atoms. The fourth-order valence-electron chi connectivity index (χ4n) is 5.13. The minimum absolute atomic E-state index is 0.0319. The summed E-state index contributed by atoms with van der Waals surface area (Å²) < 4.78 is 0. The zero-order valence-electron chi connectivity index (χ0n) is 12.4. The molecule has 0 saturated heterocycles. The third-order valence-electron chi connectivity index (χ3n) is 5.46. The van der Waals surface area contributed by atoms with Gasteiger partial charge in [0.1, 0.15) is 0 Å². The van der Waals surface area contributed by atoms with E-state index in [1.807, 2.05) is 0 Å². The van der Waals surface area contributed by atoms with Crippen LogP contribution < -0.4 is 10.6 Å². The van der Waals surface area contributed by atoms with E-state index in [-0.39, 0.29) is 6.03 Å². The average molecular weight is 264 g/mol. The van der Waals surface area contributed by atoms with Crippen molar-refractivity contribution in [1.82, 2.24) is 10.6 Å². The molecule has 2 N–H and O–H groups in total. The fraction of sp³-hybridized carbons (Fsp3) is 0.938. The van der Waals surface area contributed by atoms with Crippen LogP contribution in [0, 0.1) is 29.1 Å². The summed E-state index contributed by atoms with van der Waals surface area (Å²) in [6, 6.07) is 0.0319. The summed E-state index contributed by atoms with van der Waals surface area (Å²) in [6.45, 7) is 5.92. The van der Waals surface area contributed by atoms with Crippen LogP contribution in [-0.2, 0) is 0 Å². The number of carbonyl (C=O) groups is 1. The van der Waals surface area contributed by atoms with Gasteiger partial charge in [0.25, 0.3) is 0 Å². The van der Waals surface area contributed by atoms with E-state index in [0.29, 0.717) is 11.3 Å². The van der Waals surface area contributed by atoms with Crippen molar-refractivity contribution in [2.24, 2.45) is 29.1 Å². The smallest absolute Gasteiger partial charge is 0.314 e. The Morgan fingerprint density at radius 2 is 1.58 bits per heavy atom. The molecule has 0 aromatic heterocycles. The summed E-state index contributed by atoms with van der Waals surface area (Å²) in [7, 11) is 0. The Bertz CT molecular complexity index is 315. The third-order valence-corrected chi connectivity index (χ3v) is 5.46. The second kappa shape index (κ2) is 4.99. The van der Waals surface area contributed by atoms with Crippen LogP contribution in [0.5, 0.6) is 0 Å². The SMILES string of the molecule is CC(C)CNC(=O)NCC12CC3CC(CC(C3)C1)C2. The van der Waals surface area contributed by atoms with E-state index < -0.39 is 0 Å².